The molecule has 1 aromatic carbocycles. The number of quaternary nitrogens is 1. The normalized spacial score (nSPS) is 12.6. The van der Waals surface area contributed by atoms with Gasteiger partial charge in [0, 0.05) is 11.2 Å². The van der Waals surface area contributed by atoms with E-state index < -0.39 is 5.82 Å². The van der Waals surface area contributed by atoms with E-state index in [1.54, 1.807) is 13.1 Å². The van der Waals surface area contributed by atoms with Gasteiger partial charge in [0.05, 0.1) is 7.05 Å². The van der Waals surface area contributed by atoms with Crippen LogP contribution in [0, 0.1) is 5.82 Å². The summed E-state index contributed by atoms with van der Waals surface area (Å²) in [6, 6.07) is 5.70. The maximum Gasteiger partial charge on any atom is 0.279 e. The second-order valence-corrected chi connectivity index (χ2v) is 6.17. The average molecular weight is 296 g/mol. The summed E-state index contributed by atoms with van der Waals surface area (Å²) in [4.78, 5) is 24.3. The van der Waals surface area contributed by atoms with E-state index in [2.05, 4.69) is 10.6 Å². The molecule has 0 bridgehead atoms. The molecule has 1 rings (SSSR count). The second kappa shape index (κ2) is 7.17. The van der Waals surface area contributed by atoms with Crippen molar-refractivity contribution in [1.29, 1.82) is 0 Å². The quantitative estimate of drug-likeness (QED) is 0.726. The summed E-state index contributed by atoms with van der Waals surface area (Å²) in [6.45, 7) is 6.03. The number of likely N-dealkylation sites (N-methyl/N-ethyl adjacent to an activating group) is 1. The first kappa shape index (κ1) is 17.1. The molecule has 0 aliphatic carbocycles. The van der Waals surface area contributed by atoms with Gasteiger partial charge in [-0.15, -0.1) is 0 Å². The lowest BCUT2D eigenvalue weighted by Gasteiger charge is -2.21. The van der Waals surface area contributed by atoms with Crippen molar-refractivity contribution < 1.29 is 18.9 Å². The molecular formula is C15H23FN3O2+. The molecule has 0 saturated carbocycles. The van der Waals surface area contributed by atoms with Crippen molar-refractivity contribution in [2.75, 3.05) is 25.5 Å². The third-order valence-electron chi connectivity index (χ3n) is 2.55. The van der Waals surface area contributed by atoms with E-state index in [1.165, 1.54) is 18.2 Å². The number of carbonyl (C=O) groups excluding carboxylic acids is 2. The Balaban J connectivity index is 2.42. The largest absolute Gasteiger partial charge is 0.347 e. The van der Waals surface area contributed by atoms with Gasteiger partial charge in [0.25, 0.3) is 11.8 Å². The zero-order valence-corrected chi connectivity index (χ0v) is 12.9. The lowest BCUT2D eigenvalue weighted by atomic mass is 10.1. The highest BCUT2D eigenvalue weighted by Crippen LogP contribution is 2.08. The van der Waals surface area contributed by atoms with E-state index in [-0.39, 0.29) is 30.4 Å². The molecule has 0 aromatic heterocycles. The Bertz CT molecular complexity index is 512. The van der Waals surface area contributed by atoms with E-state index in [1.807, 2.05) is 20.8 Å². The molecular weight excluding hydrogens is 273 g/mol. The highest BCUT2D eigenvalue weighted by molar-refractivity contribution is 5.91. The predicted octanol–water partition coefficient (Wildman–Crippen LogP) is 0.194. The summed E-state index contributed by atoms with van der Waals surface area (Å²) in [7, 11) is 1.76. The van der Waals surface area contributed by atoms with E-state index in [9.17, 15) is 14.0 Å². The molecule has 116 valence electrons. The Hall–Kier alpha value is -1.95. The van der Waals surface area contributed by atoms with Crippen molar-refractivity contribution in [2.45, 2.75) is 26.3 Å². The minimum Gasteiger partial charge on any atom is -0.347 e. The first-order valence-electron chi connectivity index (χ1n) is 6.83. The van der Waals surface area contributed by atoms with Crippen molar-refractivity contribution in [3.63, 3.8) is 0 Å². The molecule has 5 nitrogen and oxygen atoms in total. The maximum atomic E-state index is 13.0. The van der Waals surface area contributed by atoms with Crippen LogP contribution in [-0.4, -0.2) is 37.5 Å². The van der Waals surface area contributed by atoms with E-state index in [0.29, 0.717) is 5.69 Å². The summed E-state index contributed by atoms with van der Waals surface area (Å²) in [6.07, 6.45) is 0. The third-order valence-corrected chi connectivity index (χ3v) is 2.55. The summed E-state index contributed by atoms with van der Waals surface area (Å²) >= 11 is 0. The van der Waals surface area contributed by atoms with Crippen molar-refractivity contribution in [2.24, 2.45) is 0 Å². The van der Waals surface area contributed by atoms with Crippen LogP contribution in [0.1, 0.15) is 20.8 Å². The van der Waals surface area contributed by atoms with Crippen LogP contribution in [0.2, 0.25) is 0 Å². The Kier molecular flexibility index (Phi) is 5.84. The molecule has 0 fully saturated rings. The van der Waals surface area contributed by atoms with Gasteiger partial charge in [-0.25, -0.2) is 4.39 Å². The number of hydrogen-bond acceptors (Lipinski definition) is 2. The fourth-order valence-electron chi connectivity index (χ4n) is 1.84. The van der Waals surface area contributed by atoms with Crippen molar-refractivity contribution >= 4 is 17.5 Å². The SMILES string of the molecule is C[NH+](CC(=O)Nc1cccc(F)c1)CC(=O)NC(C)(C)C. The molecule has 3 N–H and O–H groups in total. The van der Waals surface area contributed by atoms with E-state index in [0.717, 1.165) is 4.90 Å². The summed E-state index contributed by atoms with van der Waals surface area (Å²) in [5.41, 5.74) is 0.119. The Morgan fingerprint density at radius 1 is 1.19 bits per heavy atom. The summed E-state index contributed by atoms with van der Waals surface area (Å²) in [5.74, 6) is -0.779. The Morgan fingerprint density at radius 2 is 1.81 bits per heavy atom. The highest BCUT2D eigenvalue weighted by atomic mass is 19.1. The lowest BCUT2D eigenvalue weighted by Crippen LogP contribution is -3.11. The van der Waals surface area contributed by atoms with Crippen LogP contribution in [0.5, 0.6) is 0 Å². The number of benzene rings is 1. The van der Waals surface area contributed by atoms with Crippen LogP contribution in [0.15, 0.2) is 24.3 Å². The molecule has 0 radical (unpaired) electrons. The maximum absolute atomic E-state index is 13.0. The standard InChI is InChI=1S/C15H22FN3O2/c1-15(2,3)18-14(21)10-19(4)9-13(20)17-12-7-5-6-11(16)8-12/h5-8H,9-10H2,1-4H3,(H,17,20)(H,18,21)/p+1. The van der Waals surface area contributed by atoms with E-state index in [4.69, 9.17) is 0 Å². The van der Waals surface area contributed by atoms with Gasteiger partial charge in [0.2, 0.25) is 0 Å². The number of rotatable bonds is 5. The molecule has 1 aromatic rings. The first-order chi connectivity index (χ1) is 9.65. The Morgan fingerprint density at radius 3 is 2.38 bits per heavy atom. The number of halogens is 1. The zero-order chi connectivity index (χ0) is 16.0. The fraction of sp³-hybridized carbons (Fsp3) is 0.467. The van der Waals surface area contributed by atoms with Gasteiger partial charge >= 0.3 is 0 Å². The van der Waals surface area contributed by atoms with Gasteiger partial charge in [-0.05, 0) is 39.0 Å². The van der Waals surface area contributed by atoms with Crippen molar-refractivity contribution in [1.82, 2.24) is 5.32 Å². The second-order valence-electron chi connectivity index (χ2n) is 6.17. The van der Waals surface area contributed by atoms with Crippen LogP contribution in [0.3, 0.4) is 0 Å². The highest BCUT2D eigenvalue weighted by Gasteiger charge is 2.18. The van der Waals surface area contributed by atoms with Gasteiger partial charge in [-0.3, -0.25) is 9.59 Å². The minimum absolute atomic E-state index is 0.112. The fourth-order valence-corrected chi connectivity index (χ4v) is 1.84. The molecule has 0 heterocycles. The van der Waals surface area contributed by atoms with Gasteiger partial charge in [0.15, 0.2) is 13.1 Å². The lowest BCUT2D eigenvalue weighted by molar-refractivity contribution is -0.862. The minimum atomic E-state index is -0.405. The number of anilines is 1. The molecule has 0 saturated heterocycles. The topological polar surface area (TPSA) is 62.6 Å². The zero-order valence-electron chi connectivity index (χ0n) is 12.9. The van der Waals surface area contributed by atoms with Crippen molar-refractivity contribution in [3.8, 4) is 0 Å². The molecule has 1 unspecified atom stereocenters. The monoisotopic (exact) mass is 296 g/mol. The van der Waals surface area contributed by atoms with Gasteiger partial charge in [-0.1, -0.05) is 6.07 Å². The predicted molar refractivity (Wildman–Crippen MR) is 79.5 cm³/mol. The summed E-state index contributed by atoms with van der Waals surface area (Å²) < 4.78 is 13.0. The number of amides is 2. The van der Waals surface area contributed by atoms with Gasteiger partial charge in [-0.2, -0.15) is 0 Å². The molecule has 21 heavy (non-hydrogen) atoms. The molecule has 0 aliphatic rings. The number of carbonyl (C=O) groups is 2. The van der Waals surface area contributed by atoms with Crippen LogP contribution in [0.25, 0.3) is 0 Å². The van der Waals surface area contributed by atoms with Crippen LogP contribution < -0.4 is 15.5 Å². The molecule has 2 amide bonds. The molecule has 6 heteroatoms. The number of nitrogens with one attached hydrogen (secondary N) is 3. The van der Waals surface area contributed by atoms with E-state index >= 15 is 0 Å². The number of hydrogen-bond donors (Lipinski definition) is 3. The summed E-state index contributed by atoms with van der Waals surface area (Å²) in [5, 5.41) is 5.44. The molecule has 1 atom stereocenters. The average Bonchev–Trinajstić information content (AvgIpc) is 2.24. The van der Waals surface area contributed by atoms with Crippen LogP contribution in [-0.2, 0) is 9.59 Å². The Labute approximate surface area is 124 Å². The first-order valence-corrected chi connectivity index (χ1v) is 6.83. The smallest absolute Gasteiger partial charge is 0.279 e. The van der Waals surface area contributed by atoms with Crippen LogP contribution >= 0.6 is 0 Å². The van der Waals surface area contributed by atoms with Crippen molar-refractivity contribution in [3.05, 3.63) is 30.1 Å². The third kappa shape index (κ3) is 7.41. The van der Waals surface area contributed by atoms with Crippen LogP contribution in [0.4, 0.5) is 10.1 Å². The van der Waals surface area contributed by atoms with Gasteiger partial charge in [0.1, 0.15) is 5.82 Å². The molecule has 0 spiro atoms. The molecule has 0 aliphatic heterocycles. The van der Waals surface area contributed by atoms with Gasteiger partial charge < -0.3 is 15.5 Å².